The fourth-order valence-electron chi connectivity index (χ4n) is 8.04. The smallest absolute Gasteiger partial charge is 0.254 e. The molecule has 3 aliphatic carbocycles. The molecular formula is C35H38N6O4. The molecule has 2 bridgehead atoms. The Bertz CT molecular complexity index is 1950. The first-order valence-electron chi connectivity index (χ1n) is 15.8. The maximum atomic E-state index is 13.8. The Balaban J connectivity index is 1.28. The van der Waals surface area contributed by atoms with E-state index >= 15 is 0 Å². The molecule has 4 aromatic rings. The molecule has 1 aliphatic heterocycles. The summed E-state index contributed by atoms with van der Waals surface area (Å²) in [4.78, 5) is 33.3. The Labute approximate surface area is 260 Å². The lowest BCUT2D eigenvalue weighted by molar-refractivity contribution is -0.126. The highest BCUT2D eigenvalue weighted by molar-refractivity contribution is 6.01. The van der Waals surface area contributed by atoms with Crippen LogP contribution in [0.4, 0.5) is 0 Å². The Kier molecular flexibility index (Phi) is 6.27. The van der Waals surface area contributed by atoms with Gasteiger partial charge >= 0.3 is 0 Å². The van der Waals surface area contributed by atoms with Crippen LogP contribution in [0.5, 0.6) is 5.75 Å². The van der Waals surface area contributed by atoms with E-state index in [4.69, 9.17) is 21.2 Å². The first kappa shape index (κ1) is 28.1. The SMILES string of the molecule is COc1cc(C(=O)N2C[C@H]3CC[C@@H]2[C@@H]3N)cc2nc(-c3cc4cccc(C5(O)C=CC=CC5C(N)=O)c4n3CC3CC3)n(C)c12. The molecule has 0 radical (unpaired) electrons. The summed E-state index contributed by atoms with van der Waals surface area (Å²) in [5, 5.41) is 13.0. The molecular weight excluding hydrogens is 568 g/mol. The second-order valence-corrected chi connectivity index (χ2v) is 13.3. The van der Waals surface area contributed by atoms with E-state index in [0.717, 1.165) is 60.2 Å². The molecule has 45 heavy (non-hydrogen) atoms. The van der Waals surface area contributed by atoms with Crippen LogP contribution in [0.15, 0.2) is 60.7 Å². The van der Waals surface area contributed by atoms with Crippen LogP contribution in [0.2, 0.25) is 0 Å². The van der Waals surface area contributed by atoms with Crippen LogP contribution in [-0.2, 0) is 24.0 Å². The number of aryl methyl sites for hydroxylation is 1. The summed E-state index contributed by atoms with van der Waals surface area (Å²) in [6.45, 7) is 1.44. The Hall–Kier alpha value is -4.41. The number of methoxy groups -OCH3 is 1. The number of benzene rings is 2. The summed E-state index contributed by atoms with van der Waals surface area (Å²) in [5.41, 5.74) is 15.0. The van der Waals surface area contributed by atoms with Gasteiger partial charge in [0.05, 0.1) is 29.8 Å². The van der Waals surface area contributed by atoms with E-state index in [9.17, 15) is 14.7 Å². The highest BCUT2D eigenvalue weighted by atomic mass is 16.5. The van der Waals surface area contributed by atoms with Gasteiger partial charge in [0, 0.05) is 48.7 Å². The van der Waals surface area contributed by atoms with Gasteiger partial charge in [0.25, 0.3) is 5.91 Å². The van der Waals surface area contributed by atoms with Gasteiger partial charge < -0.3 is 35.3 Å². The van der Waals surface area contributed by atoms with Gasteiger partial charge in [-0.2, -0.15) is 0 Å². The summed E-state index contributed by atoms with van der Waals surface area (Å²) in [7, 11) is 3.57. The number of piperidine rings is 1. The molecule has 5 N–H and O–H groups in total. The van der Waals surface area contributed by atoms with Gasteiger partial charge in [-0.1, -0.05) is 36.4 Å². The Morgan fingerprint density at radius 3 is 2.62 bits per heavy atom. The first-order chi connectivity index (χ1) is 21.7. The Morgan fingerprint density at radius 1 is 1.11 bits per heavy atom. The van der Waals surface area contributed by atoms with E-state index in [0.29, 0.717) is 40.8 Å². The minimum Gasteiger partial charge on any atom is -0.494 e. The lowest BCUT2D eigenvalue weighted by atomic mass is 9.77. The summed E-state index contributed by atoms with van der Waals surface area (Å²) in [5.74, 6) is 0.630. The van der Waals surface area contributed by atoms with Crippen LogP contribution in [0.25, 0.3) is 33.5 Å². The fraction of sp³-hybridized carbons (Fsp3) is 0.400. The van der Waals surface area contributed by atoms with E-state index in [1.54, 1.807) is 31.4 Å². The molecule has 10 nitrogen and oxygen atoms in total. The van der Waals surface area contributed by atoms with E-state index < -0.39 is 17.4 Å². The summed E-state index contributed by atoms with van der Waals surface area (Å²) in [6, 6.07) is 11.7. The second kappa shape index (κ2) is 10.1. The van der Waals surface area contributed by atoms with Crippen molar-refractivity contribution in [3.05, 3.63) is 71.8 Å². The predicted octanol–water partition coefficient (Wildman–Crippen LogP) is 3.59. The molecule has 3 heterocycles. The zero-order chi connectivity index (χ0) is 31.2. The molecule has 0 spiro atoms. The fourth-order valence-corrected chi connectivity index (χ4v) is 8.04. The van der Waals surface area contributed by atoms with Crippen LogP contribution < -0.4 is 16.2 Å². The van der Waals surface area contributed by atoms with Crippen molar-refractivity contribution in [2.75, 3.05) is 13.7 Å². The minimum atomic E-state index is -1.60. The third-order valence-corrected chi connectivity index (χ3v) is 10.6. The number of imidazole rings is 1. The molecule has 2 aromatic heterocycles. The van der Waals surface area contributed by atoms with Crippen molar-refractivity contribution >= 4 is 33.8 Å². The first-order valence-corrected chi connectivity index (χ1v) is 15.8. The number of rotatable bonds is 7. The number of hydrogen-bond donors (Lipinski definition) is 3. The third kappa shape index (κ3) is 4.19. The summed E-state index contributed by atoms with van der Waals surface area (Å²) >= 11 is 0. The van der Waals surface area contributed by atoms with Crippen LogP contribution in [0, 0.1) is 17.8 Å². The number of allylic oxidation sites excluding steroid dienone is 2. The molecule has 3 fully saturated rings. The van der Waals surface area contributed by atoms with Crippen molar-refractivity contribution < 1.29 is 19.4 Å². The zero-order valence-electron chi connectivity index (χ0n) is 25.5. The quantitative estimate of drug-likeness (QED) is 0.294. The van der Waals surface area contributed by atoms with Crippen LogP contribution >= 0.6 is 0 Å². The average molecular weight is 607 g/mol. The molecule has 2 amide bonds. The van der Waals surface area contributed by atoms with Gasteiger partial charge in [-0.05, 0) is 61.8 Å². The van der Waals surface area contributed by atoms with Crippen LogP contribution in [0.1, 0.15) is 41.6 Å². The maximum Gasteiger partial charge on any atom is 0.254 e. The molecule has 4 aliphatic rings. The van der Waals surface area contributed by atoms with Gasteiger partial charge in [0.15, 0.2) is 5.82 Å². The number of para-hydroxylation sites is 1. The van der Waals surface area contributed by atoms with Gasteiger partial charge in [-0.3, -0.25) is 9.59 Å². The van der Waals surface area contributed by atoms with Crippen LogP contribution in [-0.4, -0.2) is 61.7 Å². The lowest BCUT2D eigenvalue weighted by Gasteiger charge is -2.33. The number of likely N-dealkylation sites (tertiary alicyclic amines) is 1. The van der Waals surface area contributed by atoms with E-state index in [-0.39, 0.29) is 18.0 Å². The molecule has 5 atom stereocenters. The van der Waals surface area contributed by atoms with Crippen molar-refractivity contribution in [3.63, 3.8) is 0 Å². The number of primary amides is 1. The highest BCUT2D eigenvalue weighted by Gasteiger charge is 2.47. The molecule has 1 saturated heterocycles. The maximum absolute atomic E-state index is 13.8. The van der Waals surface area contributed by atoms with Gasteiger partial charge in [0.1, 0.15) is 16.9 Å². The molecule has 10 heteroatoms. The van der Waals surface area contributed by atoms with E-state index in [2.05, 4.69) is 10.6 Å². The number of aliphatic hydroxyl groups is 1. The van der Waals surface area contributed by atoms with Crippen molar-refractivity contribution in [3.8, 4) is 17.3 Å². The highest BCUT2D eigenvalue weighted by Crippen LogP contribution is 2.44. The van der Waals surface area contributed by atoms with Crippen LogP contribution in [0.3, 0.4) is 0 Å². The van der Waals surface area contributed by atoms with Crippen molar-refractivity contribution in [2.24, 2.45) is 36.3 Å². The van der Waals surface area contributed by atoms with Crippen molar-refractivity contribution in [1.29, 1.82) is 0 Å². The van der Waals surface area contributed by atoms with Crippen molar-refractivity contribution in [1.82, 2.24) is 19.0 Å². The normalized spacial score (nSPS) is 27.2. The molecule has 2 aromatic carbocycles. The van der Waals surface area contributed by atoms with Gasteiger partial charge in [0.2, 0.25) is 5.91 Å². The number of nitrogens with two attached hydrogens (primary N) is 2. The lowest BCUT2D eigenvalue weighted by Crippen LogP contribution is -2.41. The Morgan fingerprint density at radius 2 is 1.93 bits per heavy atom. The molecule has 8 rings (SSSR count). The monoisotopic (exact) mass is 606 g/mol. The molecule has 232 valence electrons. The summed E-state index contributed by atoms with van der Waals surface area (Å²) < 4.78 is 10.1. The van der Waals surface area contributed by atoms with E-state index in [1.807, 2.05) is 46.8 Å². The standard InChI is InChI=1S/C35H38N6O4/c1-39-31-25(14-22(16-28(31)45-2)34(43)41-18-21-11-12-26(41)29(21)36)38-33(39)27-15-20-6-5-8-23(30(20)40(27)17-19-9-10-19)35(44)13-4-3-7-24(35)32(37)42/h3-8,13-16,19,21,24,26,29,44H,9-12,17-18,36H2,1-2H3,(H2,37,42)/t21-,24?,26-,29-,35?/m1/s1. The largest absolute Gasteiger partial charge is 0.494 e. The number of fused-ring (bicyclic) bond motifs is 4. The number of hydrogen-bond acceptors (Lipinski definition) is 6. The zero-order valence-corrected chi connectivity index (χ0v) is 25.5. The number of nitrogens with zero attached hydrogens (tertiary/aromatic N) is 4. The van der Waals surface area contributed by atoms with Gasteiger partial charge in [-0.25, -0.2) is 4.98 Å². The summed E-state index contributed by atoms with van der Waals surface area (Å²) in [6.07, 6.45) is 11.1. The number of carbonyl (C=O) groups is 2. The second-order valence-electron chi connectivity index (χ2n) is 13.3. The third-order valence-electron chi connectivity index (χ3n) is 10.6. The minimum absolute atomic E-state index is 0.0376. The average Bonchev–Trinajstić information content (AvgIpc) is 3.42. The van der Waals surface area contributed by atoms with Gasteiger partial charge in [-0.15, -0.1) is 0 Å². The number of amides is 2. The molecule has 2 unspecified atom stereocenters. The van der Waals surface area contributed by atoms with E-state index in [1.165, 1.54) is 0 Å². The number of carbonyl (C=O) groups excluding carboxylic acids is 2. The number of ether oxygens (including phenoxy) is 1. The molecule has 2 saturated carbocycles. The van der Waals surface area contributed by atoms with Crippen molar-refractivity contribution in [2.45, 2.75) is 49.9 Å². The topological polar surface area (TPSA) is 142 Å². The number of aromatic nitrogens is 3. The predicted molar refractivity (Wildman–Crippen MR) is 171 cm³/mol.